The second kappa shape index (κ2) is 10.1. The second-order valence-corrected chi connectivity index (χ2v) is 8.55. The number of nitrogens with zero attached hydrogens (tertiary/aromatic N) is 1. The first-order chi connectivity index (χ1) is 16.0. The van der Waals surface area contributed by atoms with E-state index in [1.54, 1.807) is 14.0 Å². The lowest BCUT2D eigenvalue weighted by molar-refractivity contribution is -0.139. The summed E-state index contributed by atoms with van der Waals surface area (Å²) in [6.45, 7) is 6.39. The monoisotopic (exact) mass is 449 g/mol. The lowest BCUT2D eigenvalue weighted by Gasteiger charge is -2.31. The molecule has 2 N–H and O–H groups in total. The molecule has 2 atom stereocenters. The molecule has 2 aliphatic heterocycles. The summed E-state index contributed by atoms with van der Waals surface area (Å²) in [5, 5.41) is 5.77. The average Bonchev–Trinajstić information content (AvgIpc) is 3.27. The van der Waals surface area contributed by atoms with Crippen LogP contribution in [0.5, 0.6) is 5.75 Å². The number of benzene rings is 2. The Kier molecular flexibility index (Phi) is 6.99. The quantitative estimate of drug-likeness (QED) is 0.631. The van der Waals surface area contributed by atoms with Crippen LogP contribution in [0.3, 0.4) is 0 Å². The maximum absolute atomic E-state index is 13.0. The van der Waals surface area contributed by atoms with Crippen molar-refractivity contribution in [3.63, 3.8) is 0 Å². The van der Waals surface area contributed by atoms with E-state index in [-0.39, 0.29) is 12.6 Å². The molecule has 0 aromatic heterocycles. The Hall–Kier alpha value is -3.32. The number of hydrogen-bond donors (Lipinski definition) is 2. The van der Waals surface area contributed by atoms with E-state index in [0.717, 1.165) is 25.1 Å². The van der Waals surface area contributed by atoms with Gasteiger partial charge in [-0.2, -0.15) is 0 Å². The van der Waals surface area contributed by atoms with Gasteiger partial charge in [-0.15, -0.1) is 0 Å². The SMILES string of the molecule is CCOC(=O)C1=C(CN2CC[C@@H](c3ccc(C)cc3)C2)NC(=O)N[C@H]1c1ccc(OC)cc1. The zero-order chi connectivity index (χ0) is 23.4. The van der Waals surface area contributed by atoms with E-state index < -0.39 is 12.0 Å². The summed E-state index contributed by atoms with van der Waals surface area (Å²) in [4.78, 5) is 27.8. The van der Waals surface area contributed by atoms with Gasteiger partial charge in [-0.3, -0.25) is 4.90 Å². The fourth-order valence-corrected chi connectivity index (χ4v) is 4.55. The van der Waals surface area contributed by atoms with E-state index in [2.05, 4.69) is 46.7 Å². The highest BCUT2D eigenvalue weighted by Gasteiger charge is 2.35. The van der Waals surface area contributed by atoms with Gasteiger partial charge in [0.2, 0.25) is 0 Å². The highest BCUT2D eigenvalue weighted by molar-refractivity contribution is 5.95. The van der Waals surface area contributed by atoms with Crippen LogP contribution in [0, 0.1) is 6.92 Å². The van der Waals surface area contributed by atoms with Crippen LogP contribution in [0.4, 0.5) is 4.79 Å². The minimum Gasteiger partial charge on any atom is -0.497 e. The molecule has 2 aromatic rings. The number of carbonyl (C=O) groups excluding carboxylic acids is 2. The van der Waals surface area contributed by atoms with Crippen LogP contribution in [-0.2, 0) is 9.53 Å². The minimum absolute atomic E-state index is 0.262. The van der Waals surface area contributed by atoms with Crippen molar-refractivity contribution in [2.45, 2.75) is 32.2 Å². The van der Waals surface area contributed by atoms with E-state index in [9.17, 15) is 9.59 Å². The smallest absolute Gasteiger partial charge is 0.338 e. The van der Waals surface area contributed by atoms with Crippen LogP contribution in [0.1, 0.15) is 42.0 Å². The molecule has 0 bridgehead atoms. The van der Waals surface area contributed by atoms with Crippen molar-refractivity contribution in [2.24, 2.45) is 0 Å². The van der Waals surface area contributed by atoms with Crippen LogP contribution >= 0.6 is 0 Å². The van der Waals surface area contributed by atoms with Gasteiger partial charge in [-0.05, 0) is 56.0 Å². The Morgan fingerprint density at radius 2 is 1.79 bits per heavy atom. The third kappa shape index (κ3) is 5.20. The molecule has 7 nitrogen and oxygen atoms in total. The number of carbonyl (C=O) groups is 2. The van der Waals surface area contributed by atoms with Crippen LogP contribution in [0.25, 0.3) is 0 Å². The number of esters is 1. The van der Waals surface area contributed by atoms with Gasteiger partial charge < -0.3 is 20.1 Å². The van der Waals surface area contributed by atoms with E-state index in [1.165, 1.54) is 11.1 Å². The molecule has 4 rings (SSSR count). The topological polar surface area (TPSA) is 79.9 Å². The van der Waals surface area contributed by atoms with Crippen molar-refractivity contribution in [3.8, 4) is 5.75 Å². The molecule has 1 saturated heterocycles. The number of urea groups is 1. The molecule has 1 fully saturated rings. The third-order valence-corrected chi connectivity index (χ3v) is 6.30. The molecular weight excluding hydrogens is 418 g/mol. The van der Waals surface area contributed by atoms with Gasteiger partial charge in [0.25, 0.3) is 0 Å². The van der Waals surface area contributed by atoms with Crippen LogP contribution in [0.2, 0.25) is 0 Å². The van der Waals surface area contributed by atoms with Crippen molar-refractivity contribution < 1.29 is 19.1 Å². The molecule has 0 radical (unpaired) electrons. The lowest BCUT2D eigenvalue weighted by atomic mass is 9.95. The number of ether oxygens (including phenoxy) is 2. The molecule has 0 saturated carbocycles. The predicted octanol–water partition coefficient (Wildman–Crippen LogP) is 3.66. The second-order valence-electron chi connectivity index (χ2n) is 8.55. The summed E-state index contributed by atoms with van der Waals surface area (Å²) in [7, 11) is 1.60. The molecule has 33 heavy (non-hydrogen) atoms. The zero-order valence-electron chi connectivity index (χ0n) is 19.4. The van der Waals surface area contributed by atoms with Crippen molar-refractivity contribution in [2.75, 3.05) is 33.4 Å². The summed E-state index contributed by atoms with van der Waals surface area (Å²) in [5.41, 5.74) is 4.42. The molecule has 2 aliphatic rings. The summed E-state index contributed by atoms with van der Waals surface area (Å²) >= 11 is 0. The van der Waals surface area contributed by atoms with Gasteiger partial charge in [0, 0.05) is 18.8 Å². The summed E-state index contributed by atoms with van der Waals surface area (Å²) < 4.78 is 10.6. The molecular formula is C26H31N3O4. The van der Waals surface area contributed by atoms with Crippen molar-refractivity contribution in [3.05, 3.63) is 76.5 Å². The molecule has 2 heterocycles. The largest absolute Gasteiger partial charge is 0.497 e. The maximum Gasteiger partial charge on any atom is 0.338 e. The molecule has 2 aromatic carbocycles. The first-order valence-electron chi connectivity index (χ1n) is 11.4. The Balaban J connectivity index is 1.60. The van der Waals surface area contributed by atoms with Gasteiger partial charge in [0.05, 0.1) is 25.3 Å². The summed E-state index contributed by atoms with van der Waals surface area (Å²) in [6, 6.07) is 15.1. The molecule has 0 aliphatic carbocycles. The maximum atomic E-state index is 13.0. The van der Waals surface area contributed by atoms with Gasteiger partial charge in [0.15, 0.2) is 0 Å². The number of rotatable bonds is 7. The highest BCUT2D eigenvalue weighted by Crippen LogP contribution is 2.32. The van der Waals surface area contributed by atoms with Gasteiger partial charge in [-0.25, -0.2) is 9.59 Å². The lowest BCUT2D eigenvalue weighted by Crippen LogP contribution is -2.48. The number of methoxy groups -OCH3 is 1. The standard InChI is InChI=1S/C26H31N3O4/c1-4-33-25(30)23-22(16-29-14-13-20(15-29)18-7-5-17(2)6-8-18)27-26(31)28-24(23)19-9-11-21(32-3)12-10-19/h5-12,20,24H,4,13-16H2,1-3H3,(H2,27,28,31)/t20-,24+/m1/s1. The van der Waals surface area contributed by atoms with E-state index in [0.29, 0.717) is 29.5 Å². The zero-order valence-corrected chi connectivity index (χ0v) is 19.4. The van der Waals surface area contributed by atoms with Gasteiger partial charge in [0.1, 0.15) is 5.75 Å². The van der Waals surface area contributed by atoms with Gasteiger partial charge >= 0.3 is 12.0 Å². The highest BCUT2D eigenvalue weighted by atomic mass is 16.5. The minimum atomic E-state index is -0.589. The Labute approximate surface area is 194 Å². The molecule has 7 heteroatoms. The average molecular weight is 450 g/mol. The predicted molar refractivity (Wildman–Crippen MR) is 126 cm³/mol. The third-order valence-electron chi connectivity index (χ3n) is 6.30. The van der Waals surface area contributed by atoms with E-state index >= 15 is 0 Å². The molecule has 2 amide bonds. The first kappa shape index (κ1) is 22.9. The molecule has 0 unspecified atom stereocenters. The molecule has 0 spiro atoms. The molecule has 174 valence electrons. The van der Waals surface area contributed by atoms with Gasteiger partial charge in [-0.1, -0.05) is 42.0 Å². The Morgan fingerprint density at radius 1 is 1.09 bits per heavy atom. The normalized spacial score (nSPS) is 20.9. The van der Waals surface area contributed by atoms with Crippen LogP contribution in [-0.4, -0.2) is 50.3 Å². The van der Waals surface area contributed by atoms with Crippen molar-refractivity contribution in [1.29, 1.82) is 0 Å². The number of amides is 2. The van der Waals surface area contributed by atoms with Crippen LogP contribution in [0.15, 0.2) is 59.8 Å². The van der Waals surface area contributed by atoms with Crippen molar-refractivity contribution >= 4 is 12.0 Å². The fourth-order valence-electron chi connectivity index (χ4n) is 4.55. The van der Waals surface area contributed by atoms with E-state index in [4.69, 9.17) is 9.47 Å². The fraction of sp³-hybridized carbons (Fsp3) is 0.385. The number of hydrogen-bond acceptors (Lipinski definition) is 5. The summed E-state index contributed by atoms with van der Waals surface area (Å²) in [6.07, 6.45) is 1.04. The Bertz CT molecular complexity index is 1030. The first-order valence-corrected chi connectivity index (χ1v) is 11.4. The van der Waals surface area contributed by atoms with Crippen molar-refractivity contribution in [1.82, 2.24) is 15.5 Å². The summed E-state index contributed by atoms with van der Waals surface area (Å²) in [5.74, 6) is 0.724. The number of aryl methyl sites for hydroxylation is 1. The Morgan fingerprint density at radius 3 is 2.45 bits per heavy atom. The number of nitrogens with one attached hydrogen (secondary N) is 2. The van der Waals surface area contributed by atoms with E-state index in [1.807, 2.05) is 24.3 Å². The van der Waals surface area contributed by atoms with Crippen LogP contribution < -0.4 is 15.4 Å². The number of likely N-dealkylation sites (tertiary alicyclic amines) is 1.